The molecule has 0 saturated carbocycles. The summed E-state index contributed by atoms with van der Waals surface area (Å²) in [5.41, 5.74) is 0.518. The normalized spacial score (nSPS) is 11.6. The number of rotatable bonds is 7. The topological polar surface area (TPSA) is 116 Å². The Bertz CT molecular complexity index is 446. The second-order valence-electron chi connectivity index (χ2n) is 3.66. The van der Waals surface area contributed by atoms with Gasteiger partial charge in [-0.15, -0.1) is 0 Å². The third-order valence-electron chi connectivity index (χ3n) is 2.24. The van der Waals surface area contributed by atoms with Crippen molar-refractivity contribution >= 4 is 29.1 Å². The van der Waals surface area contributed by atoms with E-state index in [-0.39, 0.29) is 18.9 Å². The highest BCUT2D eigenvalue weighted by molar-refractivity contribution is 7.08. The molecule has 0 aliphatic heterocycles. The van der Waals surface area contributed by atoms with Gasteiger partial charge in [-0.3, -0.25) is 9.59 Å². The van der Waals surface area contributed by atoms with Crippen LogP contribution in [0.4, 0.5) is 0 Å². The smallest absolute Gasteiger partial charge is 0.328 e. The molecule has 8 heteroatoms. The number of aliphatic carboxylic acids is 1. The SMILES string of the molecule is O=C(CCNC(=O)c1ccsc1)N[C@H](CO)C(=O)O. The van der Waals surface area contributed by atoms with Crippen LogP contribution < -0.4 is 10.6 Å². The zero-order chi connectivity index (χ0) is 14.3. The first-order chi connectivity index (χ1) is 9.04. The molecule has 0 aliphatic rings. The Labute approximate surface area is 113 Å². The number of carboxylic acids is 1. The number of carbonyl (C=O) groups excluding carboxylic acids is 2. The van der Waals surface area contributed by atoms with Crippen molar-refractivity contribution in [2.24, 2.45) is 0 Å². The van der Waals surface area contributed by atoms with Gasteiger partial charge in [0.15, 0.2) is 0 Å². The molecule has 2 amide bonds. The quantitative estimate of drug-likeness (QED) is 0.536. The molecular weight excluding hydrogens is 272 g/mol. The lowest BCUT2D eigenvalue weighted by Crippen LogP contribution is -2.44. The average molecular weight is 286 g/mol. The lowest BCUT2D eigenvalue weighted by Gasteiger charge is -2.11. The van der Waals surface area contributed by atoms with Gasteiger partial charge in [-0.2, -0.15) is 11.3 Å². The zero-order valence-electron chi connectivity index (χ0n) is 9.96. The van der Waals surface area contributed by atoms with Crippen molar-refractivity contribution in [2.45, 2.75) is 12.5 Å². The second kappa shape index (κ2) is 7.49. The van der Waals surface area contributed by atoms with Gasteiger partial charge in [0.25, 0.3) is 5.91 Å². The van der Waals surface area contributed by atoms with Crippen molar-refractivity contribution in [3.63, 3.8) is 0 Å². The molecule has 0 radical (unpaired) electrons. The van der Waals surface area contributed by atoms with Crippen molar-refractivity contribution in [2.75, 3.05) is 13.2 Å². The van der Waals surface area contributed by atoms with Crippen LogP contribution in [0.5, 0.6) is 0 Å². The van der Waals surface area contributed by atoms with Crippen LogP contribution in [0.2, 0.25) is 0 Å². The molecule has 19 heavy (non-hydrogen) atoms. The summed E-state index contributed by atoms with van der Waals surface area (Å²) in [4.78, 5) is 33.4. The highest BCUT2D eigenvalue weighted by Gasteiger charge is 2.18. The summed E-state index contributed by atoms with van der Waals surface area (Å²) in [5.74, 6) is -2.14. The molecule has 0 aromatic carbocycles. The third-order valence-corrected chi connectivity index (χ3v) is 2.92. The van der Waals surface area contributed by atoms with E-state index < -0.39 is 24.5 Å². The number of carboxylic acid groups (broad SMARTS) is 1. The van der Waals surface area contributed by atoms with Crippen LogP contribution in [0.1, 0.15) is 16.8 Å². The maximum atomic E-state index is 11.5. The fourth-order valence-corrected chi connectivity index (χ4v) is 1.87. The number of carbonyl (C=O) groups is 3. The summed E-state index contributed by atoms with van der Waals surface area (Å²) in [5, 5.41) is 25.5. The van der Waals surface area contributed by atoms with Crippen LogP contribution in [-0.2, 0) is 9.59 Å². The van der Waals surface area contributed by atoms with Crippen LogP contribution in [-0.4, -0.2) is 47.2 Å². The number of aliphatic hydroxyl groups excluding tert-OH is 1. The molecule has 7 nitrogen and oxygen atoms in total. The summed E-state index contributed by atoms with van der Waals surface area (Å²) in [6.45, 7) is -0.583. The number of hydrogen-bond acceptors (Lipinski definition) is 5. The molecule has 0 saturated heterocycles. The standard InChI is InChI=1S/C11H14N2O5S/c14-5-8(11(17)18)13-9(15)1-3-12-10(16)7-2-4-19-6-7/h2,4,6,8,14H,1,3,5H2,(H,12,16)(H,13,15)(H,17,18)/t8-/m1/s1. The van der Waals surface area contributed by atoms with Gasteiger partial charge in [0.1, 0.15) is 6.04 Å². The average Bonchev–Trinajstić information content (AvgIpc) is 2.89. The van der Waals surface area contributed by atoms with E-state index in [9.17, 15) is 14.4 Å². The van der Waals surface area contributed by atoms with Crippen molar-refractivity contribution < 1.29 is 24.6 Å². The van der Waals surface area contributed by atoms with Gasteiger partial charge in [0.05, 0.1) is 6.61 Å². The van der Waals surface area contributed by atoms with Crippen LogP contribution >= 0.6 is 11.3 Å². The maximum absolute atomic E-state index is 11.5. The zero-order valence-corrected chi connectivity index (χ0v) is 10.8. The lowest BCUT2D eigenvalue weighted by molar-refractivity contribution is -0.142. The minimum Gasteiger partial charge on any atom is -0.480 e. The Hall–Kier alpha value is -1.93. The number of aliphatic hydroxyl groups is 1. The highest BCUT2D eigenvalue weighted by Crippen LogP contribution is 2.04. The van der Waals surface area contributed by atoms with Gasteiger partial charge in [0.2, 0.25) is 5.91 Å². The largest absolute Gasteiger partial charge is 0.480 e. The predicted molar refractivity (Wildman–Crippen MR) is 67.9 cm³/mol. The Kier molecular flexibility index (Phi) is 5.97. The first-order valence-corrected chi connectivity index (χ1v) is 6.42. The Morgan fingerprint density at radius 2 is 2.11 bits per heavy atom. The van der Waals surface area contributed by atoms with E-state index in [1.165, 1.54) is 11.3 Å². The van der Waals surface area contributed by atoms with E-state index in [4.69, 9.17) is 10.2 Å². The van der Waals surface area contributed by atoms with E-state index >= 15 is 0 Å². The van der Waals surface area contributed by atoms with E-state index in [0.29, 0.717) is 5.56 Å². The van der Waals surface area contributed by atoms with E-state index in [2.05, 4.69) is 10.6 Å². The monoisotopic (exact) mass is 286 g/mol. The second-order valence-corrected chi connectivity index (χ2v) is 4.44. The number of nitrogens with one attached hydrogen (secondary N) is 2. The Morgan fingerprint density at radius 1 is 1.37 bits per heavy atom. The highest BCUT2D eigenvalue weighted by atomic mass is 32.1. The molecule has 1 atom stereocenters. The summed E-state index contributed by atoms with van der Waals surface area (Å²) < 4.78 is 0. The minimum absolute atomic E-state index is 0.0559. The van der Waals surface area contributed by atoms with Gasteiger partial charge in [-0.25, -0.2) is 4.79 Å². The van der Waals surface area contributed by atoms with E-state index in [1.54, 1.807) is 16.8 Å². The fraction of sp³-hybridized carbons (Fsp3) is 0.364. The maximum Gasteiger partial charge on any atom is 0.328 e. The van der Waals surface area contributed by atoms with Crippen LogP contribution in [0.3, 0.4) is 0 Å². The number of thiophene rings is 1. The molecule has 0 bridgehead atoms. The van der Waals surface area contributed by atoms with E-state index in [1.807, 2.05) is 0 Å². The molecule has 1 aromatic heterocycles. The van der Waals surface area contributed by atoms with Crippen molar-refractivity contribution in [3.05, 3.63) is 22.4 Å². The Morgan fingerprint density at radius 3 is 2.63 bits per heavy atom. The number of amides is 2. The number of hydrogen-bond donors (Lipinski definition) is 4. The summed E-state index contributed by atoms with van der Waals surface area (Å²) in [6, 6.07) is 0.340. The van der Waals surface area contributed by atoms with E-state index in [0.717, 1.165) is 0 Å². The minimum atomic E-state index is -1.32. The fourth-order valence-electron chi connectivity index (χ4n) is 1.24. The molecular formula is C11H14N2O5S. The van der Waals surface area contributed by atoms with Crippen molar-refractivity contribution in [3.8, 4) is 0 Å². The first-order valence-electron chi connectivity index (χ1n) is 5.48. The molecule has 0 unspecified atom stereocenters. The van der Waals surface area contributed by atoms with Gasteiger partial charge >= 0.3 is 5.97 Å². The summed E-state index contributed by atoms with van der Waals surface area (Å²) >= 11 is 1.39. The molecule has 0 aliphatic carbocycles. The molecule has 1 rings (SSSR count). The first kappa shape index (κ1) is 15.1. The van der Waals surface area contributed by atoms with Crippen molar-refractivity contribution in [1.82, 2.24) is 10.6 Å². The van der Waals surface area contributed by atoms with Gasteiger partial charge < -0.3 is 20.8 Å². The molecule has 104 valence electrons. The van der Waals surface area contributed by atoms with Crippen molar-refractivity contribution in [1.29, 1.82) is 0 Å². The van der Waals surface area contributed by atoms with Crippen LogP contribution in [0.25, 0.3) is 0 Å². The lowest BCUT2D eigenvalue weighted by atomic mass is 10.3. The van der Waals surface area contributed by atoms with Crippen LogP contribution in [0, 0.1) is 0 Å². The van der Waals surface area contributed by atoms with Gasteiger partial charge in [-0.05, 0) is 11.4 Å². The predicted octanol–water partition coefficient (Wildman–Crippen LogP) is -0.570. The molecule has 1 aromatic rings. The van der Waals surface area contributed by atoms with Gasteiger partial charge in [-0.1, -0.05) is 0 Å². The summed E-state index contributed by atoms with van der Waals surface area (Å²) in [6.07, 6.45) is -0.0559. The molecule has 0 spiro atoms. The third kappa shape index (κ3) is 5.06. The summed E-state index contributed by atoms with van der Waals surface area (Å²) in [7, 11) is 0. The van der Waals surface area contributed by atoms with Gasteiger partial charge in [0, 0.05) is 23.9 Å². The molecule has 0 fully saturated rings. The van der Waals surface area contributed by atoms with Crippen LogP contribution in [0.15, 0.2) is 16.8 Å². The Balaban J connectivity index is 2.27. The molecule has 4 N–H and O–H groups in total. The molecule has 1 heterocycles.